The molecule has 6 unspecified atom stereocenters. The summed E-state index contributed by atoms with van der Waals surface area (Å²) in [5.41, 5.74) is 2.30. The third kappa shape index (κ3) is 7.94. The zero-order valence-corrected chi connectivity index (χ0v) is 30.2. The zero-order valence-electron chi connectivity index (χ0n) is 30.2. The Morgan fingerprint density at radius 1 is 1.02 bits per heavy atom. The van der Waals surface area contributed by atoms with Crippen LogP contribution in [0.15, 0.2) is 16.8 Å². The second-order valence-electron chi connectivity index (χ2n) is 17.2. The molecule has 10 atom stereocenters. The molecule has 2 amide bonds. The highest BCUT2D eigenvalue weighted by molar-refractivity contribution is 5.76. The Morgan fingerprint density at radius 3 is 2.55 bits per heavy atom. The molecule has 1 saturated heterocycles. The lowest BCUT2D eigenvalue weighted by Gasteiger charge is -2.58. The molecule has 1 heterocycles. The van der Waals surface area contributed by atoms with Gasteiger partial charge in [-0.2, -0.15) is 4.91 Å². The van der Waals surface area contributed by atoms with Crippen molar-refractivity contribution < 1.29 is 19.4 Å². The van der Waals surface area contributed by atoms with E-state index >= 15 is 0 Å². The van der Waals surface area contributed by atoms with Crippen LogP contribution in [-0.4, -0.2) is 60.4 Å². The van der Waals surface area contributed by atoms with Gasteiger partial charge in [-0.3, -0.25) is 4.79 Å². The van der Waals surface area contributed by atoms with Crippen molar-refractivity contribution in [3.63, 3.8) is 0 Å². The molecule has 4 aliphatic carbocycles. The smallest absolute Gasteiger partial charge is 0.407 e. The van der Waals surface area contributed by atoms with Crippen molar-refractivity contribution in [3.05, 3.63) is 16.6 Å². The van der Waals surface area contributed by atoms with Crippen LogP contribution in [0.25, 0.3) is 0 Å². The van der Waals surface area contributed by atoms with Crippen LogP contribution in [-0.2, 0) is 9.53 Å². The Morgan fingerprint density at radius 2 is 1.83 bits per heavy atom. The number of alkyl carbamates (subject to hydrolysis) is 1. The van der Waals surface area contributed by atoms with E-state index in [9.17, 15) is 19.6 Å². The number of allylic oxidation sites excluding steroid dienone is 1. The van der Waals surface area contributed by atoms with Crippen LogP contribution in [0.5, 0.6) is 0 Å². The number of nitrogens with one attached hydrogen (secondary N) is 1. The lowest BCUT2D eigenvalue weighted by molar-refractivity contribution is -0.130. The van der Waals surface area contributed by atoms with Gasteiger partial charge in [0, 0.05) is 45.0 Å². The number of likely N-dealkylation sites (tertiary alicyclic amines) is 1. The SMILES string of the molecule is CC(C)CCCC(C)[C@H]1CCC2C3CC=C4C[C@@H](OC(=O)NCCCCCC(=O)N5CC(CO)C(N=O)C5)CC[C@]4(C)C3CC[C@@]21C. The molecule has 0 bridgehead atoms. The summed E-state index contributed by atoms with van der Waals surface area (Å²) in [5.74, 6) is 4.72. The number of carbonyl (C=O) groups excluding carboxylic acids is 2. The van der Waals surface area contributed by atoms with Crippen molar-refractivity contribution in [1.29, 1.82) is 0 Å². The number of aliphatic hydroxyl groups is 1. The standard InChI is InChI=1S/C39H65N3O5/c1-26(2)10-9-11-27(3)32-15-16-33-31-14-13-29-22-30(17-19-38(29,4)34(31)18-20-39(32,33)5)47-37(45)40-21-8-6-7-12-36(44)42-23-28(25-43)35(24-42)41-46/h13,26-28,30-35,43H,6-12,14-25H2,1-5H3,(H,40,45)/t27?,28?,30-,31?,32+,33?,34?,35?,38-,39+/m0/s1. The fourth-order valence-corrected chi connectivity index (χ4v) is 11.2. The lowest BCUT2D eigenvalue weighted by atomic mass is 9.47. The molecule has 0 aromatic heterocycles. The van der Waals surface area contributed by atoms with Crippen molar-refractivity contribution >= 4 is 12.0 Å². The van der Waals surface area contributed by atoms with E-state index in [2.05, 4.69) is 51.2 Å². The molecule has 2 N–H and O–H groups in total. The second kappa shape index (κ2) is 15.7. The fraction of sp³-hybridized carbons (Fsp3) is 0.897. The predicted molar refractivity (Wildman–Crippen MR) is 187 cm³/mol. The van der Waals surface area contributed by atoms with Gasteiger partial charge in [-0.1, -0.05) is 77.1 Å². The molecule has 3 saturated carbocycles. The second-order valence-corrected chi connectivity index (χ2v) is 17.2. The first-order chi connectivity index (χ1) is 22.5. The van der Waals surface area contributed by atoms with E-state index < -0.39 is 6.04 Å². The van der Waals surface area contributed by atoms with Gasteiger partial charge in [0.2, 0.25) is 5.91 Å². The van der Waals surface area contributed by atoms with Crippen LogP contribution in [0, 0.1) is 57.2 Å². The number of hydrogen-bond acceptors (Lipinski definition) is 6. The molecule has 47 heavy (non-hydrogen) atoms. The van der Waals surface area contributed by atoms with Crippen LogP contribution in [0.4, 0.5) is 4.79 Å². The Hall–Kier alpha value is -1.96. The van der Waals surface area contributed by atoms with Gasteiger partial charge < -0.3 is 20.1 Å². The minimum atomic E-state index is -0.509. The maximum absolute atomic E-state index is 12.7. The van der Waals surface area contributed by atoms with Crippen molar-refractivity contribution in [3.8, 4) is 0 Å². The number of hydrogen-bond donors (Lipinski definition) is 2. The molecule has 4 fully saturated rings. The molecule has 1 aliphatic heterocycles. The summed E-state index contributed by atoms with van der Waals surface area (Å²) in [5, 5.41) is 15.4. The van der Waals surface area contributed by atoms with Crippen molar-refractivity contribution in [2.45, 2.75) is 143 Å². The van der Waals surface area contributed by atoms with Gasteiger partial charge in [0.1, 0.15) is 12.1 Å². The quantitative estimate of drug-likeness (QED) is 0.111. The summed E-state index contributed by atoms with van der Waals surface area (Å²) in [6.45, 7) is 13.6. The predicted octanol–water partition coefficient (Wildman–Crippen LogP) is 8.27. The summed E-state index contributed by atoms with van der Waals surface area (Å²) in [6, 6.07) is -0.509. The number of unbranched alkanes of at least 4 members (excludes halogenated alkanes) is 2. The molecule has 0 aromatic carbocycles. The third-order valence-corrected chi connectivity index (χ3v) is 14.0. The van der Waals surface area contributed by atoms with E-state index in [1.807, 2.05) is 0 Å². The maximum atomic E-state index is 12.7. The molecular weight excluding hydrogens is 590 g/mol. The third-order valence-electron chi connectivity index (χ3n) is 14.0. The van der Waals surface area contributed by atoms with Crippen LogP contribution in [0.3, 0.4) is 0 Å². The minimum Gasteiger partial charge on any atom is -0.446 e. The Balaban J connectivity index is 1.03. The molecule has 0 spiro atoms. The van der Waals surface area contributed by atoms with Crippen LogP contribution in [0.1, 0.15) is 131 Å². The molecule has 5 rings (SSSR count). The molecule has 8 nitrogen and oxygen atoms in total. The fourth-order valence-electron chi connectivity index (χ4n) is 11.2. The number of nitrogens with zero attached hydrogens (tertiary/aromatic N) is 2. The first-order valence-electron chi connectivity index (χ1n) is 19.3. The monoisotopic (exact) mass is 655 g/mol. The van der Waals surface area contributed by atoms with Crippen molar-refractivity contribution in [2.24, 2.45) is 57.4 Å². The molecule has 5 aliphatic rings. The summed E-state index contributed by atoms with van der Waals surface area (Å²) >= 11 is 0. The van der Waals surface area contributed by atoms with Gasteiger partial charge in [-0.25, -0.2) is 4.79 Å². The topological polar surface area (TPSA) is 108 Å². The van der Waals surface area contributed by atoms with Crippen LogP contribution < -0.4 is 5.32 Å². The van der Waals surface area contributed by atoms with Gasteiger partial charge in [-0.15, -0.1) is 0 Å². The molecule has 0 aromatic rings. The Bertz CT molecular complexity index is 1130. The molecular formula is C39H65N3O5. The highest BCUT2D eigenvalue weighted by Gasteiger charge is 2.59. The summed E-state index contributed by atoms with van der Waals surface area (Å²) in [4.78, 5) is 37.8. The van der Waals surface area contributed by atoms with E-state index in [4.69, 9.17) is 4.74 Å². The van der Waals surface area contributed by atoms with Crippen molar-refractivity contribution in [1.82, 2.24) is 10.2 Å². The van der Waals surface area contributed by atoms with Gasteiger partial charge in [0.05, 0.1) is 0 Å². The zero-order chi connectivity index (χ0) is 33.8. The van der Waals surface area contributed by atoms with Gasteiger partial charge >= 0.3 is 6.09 Å². The van der Waals surface area contributed by atoms with E-state index in [1.165, 1.54) is 51.4 Å². The number of amides is 2. The van der Waals surface area contributed by atoms with Crippen molar-refractivity contribution in [2.75, 3.05) is 26.2 Å². The van der Waals surface area contributed by atoms with Gasteiger partial charge in [0.25, 0.3) is 0 Å². The maximum Gasteiger partial charge on any atom is 0.407 e. The minimum absolute atomic E-state index is 0.00593. The Kier molecular flexibility index (Phi) is 12.1. The lowest BCUT2D eigenvalue weighted by Crippen LogP contribution is -2.51. The summed E-state index contributed by atoms with van der Waals surface area (Å²) < 4.78 is 5.94. The number of nitroso groups, excluding NO2 is 1. The number of carbonyl (C=O) groups is 2. The highest BCUT2D eigenvalue weighted by Crippen LogP contribution is 2.67. The van der Waals surface area contributed by atoms with E-state index in [1.54, 1.807) is 10.5 Å². The van der Waals surface area contributed by atoms with Crippen LogP contribution >= 0.6 is 0 Å². The number of aliphatic hydroxyl groups excluding tert-OH is 1. The largest absolute Gasteiger partial charge is 0.446 e. The average molecular weight is 656 g/mol. The first-order valence-corrected chi connectivity index (χ1v) is 19.3. The molecule has 8 heteroatoms. The summed E-state index contributed by atoms with van der Waals surface area (Å²) in [7, 11) is 0. The van der Waals surface area contributed by atoms with E-state index in [0.29, 0.717) is 31.5 Å². The van der Waals surface area contributed by atoms with Gasteiger partial charge in [-0.05, 0) is 104 Å². The van der Waals surface area contributed by atoms with Gasteiger partial charge in [0.15, 0.2) is 0 Å². The average Bonchev–Trinajstić information content (AvgIpc) is 3.63. The number of ether oxygens (including phenoxy) is 1. The van der Waals surface area contributed by atoms with Crippen LogP contribution in [0.2, 0.25) is 0 Å². The number of rotatable bonds is 14. The normalized spacial score (nSPS) is 37.0. The Labute approximate surface area is 284 Å². The molecule has 0 radical (unpaired) electrons. The summed E-state index contributed by atoms with van der Waals surface area (Å²) in [6.07, 6.45) is 18.8. The van der Waals surface area contributed by atoms with E-state index in [0.717, 1.165) is 74.0 Å². The molecule has 266 valence electrons. The van der Waals surface area contributed by atoms with E-state index in [-0.39, 0.29) is 36.0 Å². The first kappa shape index (κ1) is 36.3. The highest BCUT2D eigenvalue weighted by atomic mass is 16.6. The number of fused-ring (bicyclic) bond motifs is 5.